The van der Waals surface area contributed by atoms with Crippen molar-refractivity contribution in [3.8, 4) is 0 Å². The summed E-state index contributed by atoms with van der Waals surface area (Å²) in [5, 5.41) is 4.44. The van der Waals surface area contributed by atoms with Crippen LogP contribution in [0.15, 0.2) is 36.9 Å². The third-order valence-corrected chi connectivity index (χ3v) is 3.59. The fraction of sp³-hybridized carbons (Fsp3) is 0.333. The van der Waals surface area contributed by atoms with Crippen molar-refractivity contribution in [2.75, 3.05) is 0 Å². The van der Waals surface area contributed by atoms with E-state index in [4.69, 9.17) is 0 Å². The van der Waals surface area contributed by atoms with E-state index in [2.05, 4.69) is 16.7 Å². The minimum absolute atomic E-state index is 0.0582. The lowest BCUT2D eigenvalue weighted by atomic mass is 10.0. The number of allylic oxidation sites excluding steroid dienone is 1. The molecular formula is C15H16FN3. The summed E-state index contributed by atoms with van der Waals surface area (Å²) in [7, 11) is 0. The zero-order valence-corrected chi connectivity index (χ0v) is 10.9. The van der Waals surface area contributed by atoms with Crippen molar-refractivity contribution in [2.24, 2.45) is 0 Å². The lowest BCUT2D eigenvalue weighted by molar-refractivity contribution is 0.328. The van der Waals surface area contributed by atoms with Crippen LogP contribution in [0.4, 0.5) is 4.39 Å². The van der Waals surface area contributed by atoms with Crippen molar-refractivity contribution in [1.29, 1.82) is 0 Å². The Bertz CT molecular complexity index is 603. The molecule has 0 spiro atoms. The predicted octanol–water partition coefficient (Wildman–Crippen LogP) is 3.71. The average molecular weight is 257 g/mol. The van der Waals surface area contributed by atoms with Crippen LogP contribution in [0.2, 0.25) is 0 Å². The van der Waals surface area contributed by atoms with E-state index in [-0.39, 0.29) is 6.04 Å². The zero-order valence-electron chi connectivity index (χ0n) is 10.9. The van der Waals surface area contributed by atoms with E-state index in [0.29, 0.717) is 18.1 Å². The highest BCUT2D eigenvalue weighted by molar-refractivity contribution is 5.56. The van der Waals surface area contributed by atoms with E-state index in [9.17, 15) is 4.39 Å². The molecule has 2 aromatic rings. The van der Waals surface area contributed by atoms with E-state index in [1.807, 2.05) is 37.3 Å². The first-order valence-corrected chi connectivity index (χ1v) is 6.54. The van der Waals surface area contributed by atoms with Gasteiger partial charge in [-0.2, -0.15) is 5.10 Å². The molecule has 98 valence electrons. The van der Waals surface area contributed by atoms with Crippen molar-refractivity contribution in [3.05, 3.63) is 54.1 Å². The number of fused-ring (bicyclic) bond motifs is 1. The number of halogens is 1. The van der Waals surface area contributed by atoms with Crippen LogP contribution in [-0.4, -0.2) is 14.8 Å². The predicted molar refractivity (Wildman–Crippen MR) is 72.4 cm³/mol. The van der Waals surface area contributed by atoms with Gasteiger partial charge >= 0.3 is 0 Å². The molecule has 0 fully saturated rings. The molecule has 1 aromatic carbocycles. The summed E-state index contributed by atoms with van der Waals surface area (Å²) in [4.78, 5) is 4.30. The maximum atomic E-state index is 14.1. The molecule has 0 amide bonds. The van der Waals surface area contributed by atoms with Gasteiger partial charge in [-0.1, -0.05) is 43.8 Å². The van der Waals surface area contributed by atoms with Gasteiger partial charge in [-0.05, 0) is 17.6 Å². The molecule has 0 saturated carbocycles. The van der Waals surface area contributed by atoms with Gasteiger partial charge in [0.2, 0.25) is 0 Å². The summed E-state index contributed by atoms with van der Waals surface area (Å²) in [6, 6.07) is 9.83. The monoisotopic (exact) mass is 257 g/mol. The summed E-state index contributed by atoms with van der Waals surface area (Å²) in [5.74, 6) is 0.999. The van der Waals surface area contributed by atoms with Crippen molar-refractivity contribution >= 4 is 5.57 Å². The Morgan fingerprint density at radius 2 is 2.16 bits per heavy atom. The van der Waals surface area contributed by atoms with Gasteiger partial charge in [-0.15, -0.1) is 0 Å². The van der Waals surface area contributed by atoms with E-state index >= 15 is 0 Å². The van der Waals surface area contributed by atoms with Gasteiger partial charge in [0.15, 0.2) is 17.8 Å². The molecule has 0 aliphatic carbocycles. The molecular weight excluding hydrogens is 241 g/mol. The molecule has 0 N–H and O–H groups in total. The van der Waals surface area contributed by atoms with E-state index in [1.165, 1.54) is 0 Å². The van der Waals surface area contributed by atoms with Crippen molar-refractivity contribution < 1.29 is 4.39 Å². The smallest absolute Gasteiger partial charge is 0.176 e. The second kappa shape index (κ2) is 4.61. The summed E-state index contributed by atoms with van der Waals surface area (Å²) in [6.07, 6.45) is 0.144. The van der Waals surface area contributed by atoms with Crippen LogP contribution in [0.5, 0.6) is 0 Å². The Kier molecular flexibility index (Phi) is 2.93. The third kappa shape index (κ3) is 1.97. The van der Waals surface area contributed by atoms with Gasteiger partial charge in [0.25, 0.3) is 0 Å². The second-order valence-corrected chi connectivity index (χ2v) is 4.83. The van der Waals surface area contributed by atoms with Gasteiger partial charge in [-0.25, -0.2) is 14.1 Å². The first-order chi connectivity index (χ1) is 9.20. The van der Waals surface area contributed by atoms with Gasteiger partial charge in [0, 0.05) is 6.42 Å². The highest BCUT2D eigenvalue weighted by atomic mass is 19.1. The maximum Gasteiger partial charge on any atom is 0.176 e. The van der Waals surface area contributed by atoms with Crippen LogP contribution >= 0.6 is 0 Å². The van der Waals surface area contributed by atoms with E-state index in [0.717, 1.165) is 17.6 Å². The van der Waals surface area contributed by atoms with E-state index < -0.39 is 6.17 Å². The Morgan fingerprint density at radius 1 is 1.42 bits per heavy atom. The van der Waals surface area contributed by atoms with E-state index in [1.54, 1.807) is 4.68 Å². The number of hydrogen-bond acceptors (Lipinski definition) is 2. The normalized spacial score (nSPS) is 21.4. The van der Waals surface area contributed by atoms with Gasteiger partial charge in [-0.3, -0.25) is 0 Å². The van der Waals surface area contributed by atoms with Gasteiger partial charge in [0.1, 0.15) is 0 Å². The minimum atomic E-state index is -1.05. The fourth-order valence-corrected chi connectivity index (χ4v) is 2.44. The molecule has 3 rings (SSSR count). The van der Waals surface area contributed by atoms with Crippen LogP contribution in [0.1, 0.15) is 49.2 Å². The van der Waals surface area contributed by atoms with Crippen LogP contribution in [0.3, 0.4) is 0 Å². The molecule has 0 unspecified atom stereocenters. The third-order valence-electron chi connectivity index (χ3n) is 3.59. The first-order valence-electron chi connectivity index (χ1n) is 6.54. The second-order valence-electron chi connectivity index (χ2n) is 4.83. The van der Waals surface area contributed by atoms with Crippen molar-refractivity contribution in [1.82, 2.24) is 14.8 Å². The van der Waals surface area contributed by atoms with Crippen LogP contribution in [-0.2, 0) is 0 Å². The van der Waals surface area contributed by atoms with Crippen molar-refractivity contribution in [3.63, 3.8) is 0 Å². The van der Waals surface area contributed by atoms with Crippen LogP contribution < -0.4 is 0 Å². The average Bonchev–Trinajstić information content (AvgIpc) is 3.00. The Balaban J connectivity index is 2.02. The molecule has 1 aliphatic rings. The maximum absolute atomic E-state index is 14.1. The lowest BCUT2D eigenvalue weighted by Crippen LogP contribution is -2.07. The number of aromatic nitrogens is 3. The Morgan fingerprint density at radius 3 is 2.84 bits per heavy atom. The highest BCUT2D eigenvalue weighted by Gasteiger charge is 2.35. The Labute approximate surface area is 111 Å². The summed E-state index contributed by atoms with van der Waals surface area (Å²) >= 11 is 0. The standard InChI is InChI=1S/C15H16FN3/c1-3-10(2)14-17-15-12(16)9-13(19(15)18-14)11-7-5-4-6-8-11/h4-8,12-13H,2-3,9H2,1H3/t12-,13-/m0/s1. The molecule has 2 heterocycles. The molecule has 1 aromatic heterocycles. The molecule has 19 heavy (non-hydrogen) atoms. The Hall–Kier alpha value is -1.97. The number of hydrogen-bond donors (Lipinski definition) is 0. The summed E-state index contributed by atoms with van der Waals surface area (Å²) in [6.45, 7) is 5.91. The largest absolute Gasteiger partial charge is 0.239 e. The van der Waals surface area contributed by atoms with Gasteiger partial charge in [0.05, 0.1) is 6.04 Å². The SMILES string of the molecule is C=C(CC)c1nc2n(n1)[C@H](c1ccccc1)C[C@@H]2F. The fourth-order valence-electron chi connectivity index (χ4n) is 2.44. The molecule has 0 saturated heterocycles. The van der Waals surface area contributed by atoms with Crippen molar-refractivity contribution in [2.45, 2.75) is 32.0 Å². The number of nitrogens with zero attached hydrogens (tertiary/aromatic N) is 3. The number of benzene rings is 1. The topological polar surface area (TPSA) is 30.7 Å². The molecule has 3 nitrogen and oxygen atoms in total. The molecule has 0 bridgehead atoms. The molecule has 4 heteroatoms. The first kappa shape index (κ1) is 12.1. The summed E-state index contributed by atoms with van der Waals surface area (Å²) < 4.78 is 15.8. The minimum Gasteiger partial charge on any atom is -0.239 e. The number of alkyl halides is 1. The molecule has 2 atom stereocenters. The van der Waals surface area contributed by atoms with Crippen LogP contribution in [0, 0.1) is 0 Å². The molecule has 0 radical (unpaired) electrons. The molecule has 1 aliphatic heterocycles. The number of rotatable bonds is 3. The quantitative estimate of drug-likeness (QED) is 0.839. The van der Waals surface area contributed by atoms with Gasteiger partial charge < -0.3 is 0 Å². The van der Waals surface area contributed by atoms with Crippen LogP contribution in [0.25, 0.3) is 5.57 Å². The lowest BCUT2D eigenvalue weighted by Gasteiger charge is -2.11. The highest BCUT2D eigenvalue weighted by Crippen LogP contribution is 2.39. The zero-order chi connectivity index (χ0) is 13.4. The summed E-state index contributed by atoms with van der Waals surface area (Å²) in [5.41, 5.74) is 1.92.